The van der Waals surface area contributed by atoms with Gasteiger partial charge in [0, 0.05) is 66.5 Å². The third kappa shape index (κ3) is 13.7. The Hall–Kier alpha value is -4.49. The van der Waals surface area contributed by atoms with Gasteiger partial charge in [-0.2, -0.15) is 0 Å². The summed E-state index contributed by atoms with van der Waals surface area (Å²) in [6, 6.07) is 14.4. The predicted molar refractivity (Wildman–Crippen MR) is 166 cm³/mol. The topological polar surface area (TPSA) is 142 Å². The summed E-state index contributed by atoms with van der Waals surface area (Å²) in [6.07, 6.45) is -1.13. The van der Waals surface area contributed by atoms with Gasteiger partial charge in [-0.3, -0.25) is 4.79 Å². The Labute approximate surface area is 259 Å². The fourth-order valence-electron chi connectivity index (χ4n) is 3.64. The molecule has 2 aromatic carbocycles. The van der Waals surface area contributed by atoms with Crippen molar-refractivity contribution in [3.8, 4) is 5.75 Å². The molecule has 44 heavy (non-hydrogen) atoms. The fraction of sp³-hybridized carbons (Fsp3) is 0.452. The summed E-state index contributed by atoms with van der Waals surface area (Å²) in [5, 5.41) is 14.7. The smallest absolute Gasteiger partial charge is 0.415 e. The third-order valence-corrected chi connectivity index (χ3v) is 6.40. The molecule has 0 saturated heterocycles. The second-order valence-electron chi connectivity index (χ2n) is 9.84. The normalized spacial score (nSPS) is 10.4. The van der Waals surface area contributed by atoms with Crippen LogP contribution in [0.3, 0.4) is 0 Å². The molecule has 0 atom stereocenters. The third-order valence-electron chi connectivity index (χ3n) is 6.40. The van der Waals surface area contributed by atoms with Crippen molar-refractivity contribution in [2.24, 2.45) is 0 Å². The molecule has 0 aliphatic heterocycles. The lowest BCUT2D eigenvalue weighted by atomic mass is 10.2. The van der Waals surface area contributed by atoms with Gasteiger partial charge in [-0.05, 0) is 42.0 Å². The first-order chi connectivity index (χ1) is 21.1. The van der Waals surface area contributed by atoms with Gasteiger partial charge in [0.2, 0.25) is 5.91 Å². The minimum absolute atomic E-state index is 0.0980. The van der Waals surface area contributed by atoms with Crippen LogP contribution in [0.5, 0.6) is 5.75 Å². The van der Waals surface area contributed by atoms with Gasteiger partial charge >= 0.3 is 12.2 Å². The summed E-state index contributed by atoms with van der Waals surface area (Å²) in [5.74, 6) is 0.699. The zero-order valence-electron chi connectivity index (χ0n) is 26.0. The van der Waals surface area contributed by atoms with Crippen LogP contribution < -0.4 is 15.4 Å². The summed E-state index contributed by atoms with van der Waals surface area (Å²) < 4.78 is 22.0. The predicted octanol–water partition coefficient (Wildman–Crippen LogP) is 2.86. The number of benzene rings is 2. The maximum atomic E-state index is 13.0. The molecule has 0 saturated carbocycles. The molecule has 0 bridgehead atoms. The standard InChI is InChI=1S/C31H45N5O8/c1-24(38)33-14-15-34(4)25(2)42-22-27-8-12-29(13-9-27)44-31(40)36(18-20-41-21-19-37)17-16-35(5)30(39)43-23-26-6-10-28(32-3)11-7-26/h6-13,32,37H,2,14-23H2,1,3-5H3,(H,33,38). The Morgan fingerprint density at radius 2 is 1.45 bits per heavy atom. The summed E-state index contributed by atoms with van der Waals surface area (Å²) in [5.41, 5.74) is 2.65. The first-order valence-corrected chi connectivity index (χ1v) is 14.3. The monoisotopic (exact) mass is 615 g/mol. The number of anilines is 1. The molecule has 13 heteroatoms. The van der Waals surface area contributed by atoms with Gasteiger partial charge in [-0.1, -0.05) is 24.3 Å². The molecule has 0 aliphatic carbocycles. The Balaban J connectivity index is 1.86. The van der Waals surface area contributed by atoms with Crippen LogP contribution in [0.1, 0.15) is 18.1 Å². The van der Waals surface area contributed by atoms with Crippen molar-refractivity contribution in [3.05, 3.63) is 72.1 Å². The van der Waals surface area contributed by atoms with Gasteiger partial charge in [0.25, 0.3) is 0 Å². The van der Waals surface area contributed by atoms with Crippen LogP contribution in [-0.4, -0.2) is 112 Å². The number of carbonyl (C=O) groups is 3. The van der Waals surface area contributed by atoms with Crippen molar-refractivity contribution < 1.29 is 38.4 Å². The second-order valence-corrected chi connectivity index (χ2v) is 9.84. The molecule has 0 heterocycles. The lowest BCUT2D eigenvalue weighted by molar-refractivity contribution is -0.119. The van der Waals surface area contributed by atoms with E-state index in [4.69, 9.17) is 24.1 Å². The van der Waals surface area contributed by atoms with Crippen LogP contribution >= 0.6 is 0 Å². The van der Waals surface area contributed by atoms with E-state index in [9.17, 15) is 14.4 Å². The SMILES string of the molecule is C=C(OCc1ccc(OC(=O)N(CCOCCO)CCN(C)C(=O)OCc2ccc(NC)cc2)cc1)N(C)CCNC(C)=O. The maximum absolute atomic E-state index is 13.0. The largest absolute Gasteiger partial charge is 0.475 e. The van der Waals surface area contributed by atoms with E-state index in [1.807, 2.05) is 38.4 Å². The number of aliphatic hydroxyl groups is 1. The molecule has 0 aromatic heterocycles. The number of nitrogens with one attached hydrogen (secondary N) is 2. The van der Waals surface area contributed by atoms with Crippen molar-refractivity contribution in [1.82, 2.24) is 20.0 Å². The highest BCUT2D eigenvalue weighted by Gasteiger charge is 2.19. The van der Waals surface area contributed by atoms with Crippen LogP contribution in [-0.2, 0) is 32.2 Å². The molecule has 3 amide bonds. The van der Waals surface area contributed by atoms with E-state index >= 15 is 0 Å². The van der Waals surface area contributed by atoms with E-state index in [1.165, 1.54) is 16.7 Å². The number of aliphatic hydroxyl groups excluding tert-OH is 1. The van der Waals surface area contributed by atoms with Crippen LogP contribution in [0.2, 0.25) is 0 Å². The number of amides is 3. The van der Waals surface area contributed by atoms with E-state index in [0.717, 1.165) is 16.8 Å². The average Bonchev–Trinajstić information content (AvgIpc) is 3.02. The molecule has 0 unspecified atom stereocenters. The number of rotatable bonds is 19. The van der Waals surface area contributed by atoms with Crippen LogP contribution in [0.15, 0.2) is 61.0 Å². The van der Waals surface area contributed by atoms with Gasteiger partial charge in [0.1, 0.15) is 19.0 Å². The zero-order valence-corrected chi connectivity index (χ0v) is 26.0. The number of hydrogen-bond donors (Lipinski definition) is 3. The molecule has 2 aromatic rings. The van der Waals surface area contributed by atoms with Crippen LogP contribution in [0, 0.1) is 0 Å². The van der Waals surface area contributed by atoms with Crippen LogP contribution in [0.25, 0.3) is 0 Å². The molecule has 2 rings (SSSR count). The lowest BCUT2D eigenvalue weighted by Crippen LogP contribution is -2.42. The Bertz CT molecular complexity index is 1180. The Morgan fingerprint density at radius 3 is 2.07 bits per heavy atom. The molecule has 0 spiro atoms. The molecular formula is C31H45N5O8. The summed E-state index contributed by atoms with van der Waals surface area (Å²) in [7, 11) is 5.24. The molecule has 0 radical (unpaired) electrons. The number of likely N-dealkylation sites (N-methyl/N-ethyl adjacent to an activating group) is 2. The van der Waals surface area contributed by atoms with Crippen molar-refractivity contribution in [2.75, 3.05) is 79.0 Å². The van der Waals surface area contributed by atoms with E-state index in [-0.39, 0.29) is 58.6 Å². The number of carbonyl (C=O) groups excluding carboxylic acids is 3. The minimum atomic E-state index is -0.609. The number of hydrogen-bond acceptors (Lipinski definition) is 10. The molecule has 0 aliphatic rings. The van der Waals surface area contributed by atoms with E-state index < -0.39 is 12.2 Å². The zero-order chi connectivity index (χ0) is 32.3. The Kier molecular flexibility index (Phi) is 15.9. The van der Waals surface area contributed by atoms with Crippen molar-refractivity contribution in [3.63, 3.8) is 0 Å². The highest BCUT2D eigenvalue weighted by atomic mass is 16.6. The lowest BCUT2D eigenvalue weighted by Gasteiger charge is -2.25. The van der Waals surface area contributed by atoms with Crippen molar-refractivity contribution in [1.29, 1.82) is 0 Å². The summed E-state index contributed by atoms with van der Waals surface area (Å²) in [6.45, 7) is 7.55. The van der Waals surface area contributed by atoms with E-state index in [0.29, 0.717) is 24.7 Å². The van der Waals surface area contributed by atoms with Gasteiger partial charge < -0.3 is 49.4 Å². The highest BCUT2D eigenvalue weighted by molar-refractivity contribution is 5.72. The van der Waals surface area contributed by atoms with E-state index in [1.54, 1.807) is 36.2 Å². The minimum Gasteiger partial charge on any atom is -0.475 e. The molecule has 13 nitrogen and oxygen atoms in total. The average molecular weight is 616 g/mol. The van der Waals surface area contributed by atoms with Crippen molar-refractivity contribution in [2.45, 2.75) is 20.1 Å². The second kappa shape index (κ2) is 19.7. The van der Waals surface area contributed by atoms with Gasteiger partial charge in [0.05, 0.1) is 19.8 Å². The van der Waals surface area contributed by atoms with Gasteiger partial charge in [-0.15, -0.1) is 0 Å². The quantitative estimate of drug-likeness (QED) is 0.160. The van der Waals surface area contributed by atoms with Crippen LogP contribution in [0.4, 0.5) is 15.3 Å². The molecule has 242 valence electrons. The molecule has 0 fully saturated rings. The molecular weight excluding hydrogens is 570 g/mol. The van der Waals surface area contributed by atoms with Gasteiger partial charge in [0.15, 0.2) is 5.88 Å². The number of nitrogens with zero attached hydrogens (tertiary/aromatic N) is 3. The first kappa shape index (κ1) is 35.7. The highest BCUT2D eigenvalue weighted by Crippen LogP contribution is 2.16. The van der Waals surface area contributed by atoms with Gasteiger partial charge in [-0.25, -0.2) is 9.59 Å². The van der Waals surface area contributed by atoms with E-state index in [2.05, 4.69) is 17.2 Å². The molecule has 3 N–H and O–H groups in total. The first-order valence-electron chi connectivity index (χ1n) is 14.3. The fourth-order valence-corrected chi connectivity index (χ4v) is 3.64. The van der Waals surface area contributed by atoms with Crippen molar-refractivity contribution >= 4 is 23.8 Å². The summed E-state index contributed by atoms with van der Waals surface area (Å²) >= 11 is 0. The number of ether oxygens (including phenoxy) is 4. The Morgan fingerprint density at radius 1 is 0.818 bits per heavy atom. The maximum Gasteiger partial charge on any atom is 0.415 e. The summed E-state index contributed by atoms with van der Waals surface area (Å²) in [4.78, 5) is 41.2.